The SMILES string of the molecule is FC(F)(F)c1cc(OCCOCCCl)cc(C(F)(F)F)c1. The topological polar surface area (TPSA) is 18.5 Å². The van der Waals surface area contributed by atoms with E-state index in [4.69, 9.17) is 21.1 Å². The van der Waals surface area contributed by atoms with Crippen molar-refractivity contribution in [3.63, 3.8) is 0 Å². The maximum Gasteiger partial charge on any atom is 0.416 e. The molecule has 0 saturated heterocycles. The Balaban J connectivity index is 2.88. The van der Waals surface area contributed by atoms with Crippen LogP contribution >= 0.6 is 11.6 Å². The normalized spacial score (nSPS) is 12.5. The Morgan fingerprint density at radius 2 is 1.33 bits per heavy atom. The predicted octanol–water partition coefficient (Wildman–Crippen LogP) is 4.36. The van der Waals surface area contributed by atoms with Crippen LogP contribution in [0.4, 0.5) is 26.3 Å². The van der Waals surface area contributed by atoms with E-state index in [1.165, 1.54) is 0 Å². The van der Waals surface area contributed by atoms with Gasteiger partial charge in [-0.3, -0.25) is 0 Å². The summed E-state index contributed by atoms with van der Waals surface area (Å²) in [5.41, 5.74) is -2.84. The van der Waals surface area contributed by atoms with Crippen LogP contribution < -0.4 is 4.74 Å². The molecule has 0 heterocycles. The number of rotatable bonds is 6. The Morgan fingerprint density at radius 1 is 0.810 bits per heavy atom. The lowest BCUT2D eigenvalue weighted by Gasteiger charge is -2.14. The molecular weight excluding hydrogens is 326 g/mol. The van der Waals surface area contributed by atoms with E-state index < -0.39 is 29.2 Å². The van der Waals surface area contributed by atoms with Gasteiger partial charge in [0.05, 0.1) is 24.3 Å². The van der Waals surface area contributed by atoms with E-state index in [0.29, 0.717) is 12.1 Å². The maximum absolute atomic E-state index is 12.6. The van der Waals surface area contributed by atoms with Gasteiger partial charge >= 0.3 is 12.4 Å². The minimum absolute atomic E-state index is 0.00428. The first-order valence-electron chi connectivity index (χ1n) is 5.70. The van der Waals surface area contributed by atoms with Crippen LogP contribution in [0.3, 0.4) is 0 Å². The van der Waals surface area contributed by atoms with Crippen LogP contribution in [0.1, 0.15) is 11.1 Å². The van der Waals surface area contributed by atoms with Crippen LogP contribution in [0.15, 0.2) is 18.2 Å². The van der Waals surface area contributed by atoms with Crippen molar-refractivity contribution in [2.45, 2.75) is 12.4 Å². The van der Waals surface area contributed by atoms with Gasteiger partial charge in [-0.1, -0.05) is 0 Å². The zero-order valence-corrected chi connectivity index (χ0v) is 11.3. The summed E-state index contributed by atoms with van der Waals surface area (Å²) < 4.78 is 85.1. The molecule has 0 aliphatic heterocycles. The Morgan fingerprint density at radius 3 is 1.76 bits per heavy atom. The summed E-state index contributed by atoms with van der Waals surface area (Å²) in [6.07, 6.45) is -9.79. The van der Waals surface area contributed by atoms with Gasteiger partial charge in [0.2, 0.25) is 0 Å². The molecule has 21 heavy (non-hydrogen) atoms. The molecule has 2 nitrogen and oxygen atoms in total. The highest BCUT2D eigenvalue weighted by Crippen LogP contribution is 2.38. The van der Waals surface area contributed by atoms with E-state index in [2.05, 4.69) is 0 Å². The minimum Gasteiger partial charge on any atom is -0.491 e. The van der Waals surface area contributed by atoms with E-state index in [-0.39, 0.29) is 31.8 Å². The Kier molecular flexibility index (Phi) is 6.15. The van der Waals surface area contributed by atoms with Crippen molar-refractivity contribution in [3.8, 4) is 5.75 Å². The summed E-state index contributed by atoms with van der Waals surface area (Å²) in [6.45, 7) is 0.0289. The third kappa shape index (κ3) is 6.01. The van der Waals surface area contributed by atoms with Gasteiger partial charge in [0.1, 0.15) is 12.4 Å². The molecule has 1 aromatic carbocycles. The molecule has 1 rings (SSSR count). The molecule has 0 unspecified atom stereocenters. The third-order valence-electron chi connectivity index (χ3n) is 2.28. The Bertz CT molecular complexity index is 426. The highest BCUT2D eigenvalue weighted by Gasteiger charge is 2.37. The highest BCUT2D eigenvalue weighted by atomic mass is 35.5. The van der Waals surface area contributed by atoms with Gasteiger partial charge < -0.3 is 9.47 Å². The monoisotopic (exact) mass is 336 g/mol. The Labute approximate surface area is 121 Å². The summed E-state index contributed by atoms with van der Waals surface area (Å²) in [5, 5.41) is 0. The van der Waals surface area contributed by atoms with Crippen LogP contribution in [0, 0.1) is 0 Å². The minimum atomic E-state index is -4.89. The van der Waals surface area contributed by atoms with Crippen molar-refractivity contribution in [1.29, 1.82) is 0 Å². The fraction of sp³-hybridized carbons (Fsp3) is 0.500. The summed E-state index contributed by atoms with van der Waals surface area (Å²) >= 11 is 5.32. The Hall–Kier alpha value is -1.15. The van der Waals surface area contributed by atoms with Gasteiger partial charge in [0.25, 0.3) is 0 Å². The zero-order chi connectivity index (χ0) is 16.1. The van der Waals surface area contributed by atoms with E-state index >= 15 is 0 Å². The predicted molar refractivity (Wildman–Crippen MR) is 63.5 cm³/mol. The number of benzene rings is 1. The molecule has 120 valence electrons. The lowest BCUT2D eigenvalue weighted by atomic mass is 10.1. The van der Waals surface area contributed by atoms with Gasteiger partial charge in [0, 0.05) is 5.88 Å². The summed E-state index contributed by atoms with van der Waals surface area (Å²) in [5.74, 6) is -0.298. The maximum atomic E-state index is 12.6. The van der Waals surface area contributed by atoms with Crippen molar-refractivity contribution < 1.29 is 35.8 Å². The lowest BCUT2D eigenvalue weighted by molar-refractivity contribution is -0.143. The molecule has 0 fully saturated rings. The van der Waals surface area contributed by atoms with Gasteiger partial charge in [-0.05, 0) is 18.2 Å². The first-order chi connectivity index (χ1) is 9.64. The molecule has 0 aliphatic carbocycles. The van der Waals surface area contributed by atoms with E-state index in [0.717, 1.165) is 0 Å². The second-order valence-electron chi connectivity index (χ2n) is 3.89. The molecule has 0 radical (unpaired) electrons. The van der Waals surface area contributed by atoms with Crippen molar-refractivity contribution in [2.75, 3.05) is 25.7 Å². The quantitative estimate of drug-likeness (QED) is 0.436. The number of hydrogen-bond donors (Lipinski definition) is 0. The van der Waals surface area contributed by atoms with Gasteiger partial charge in [-0.2, -0.15) is 26.3 Å². The molecule has 0 saturated carbocycles. The van der Waals surface area contributed by atoms with Crippen LogP contribution in [0.2, 0.25) is 0 Å². The van der Waals surface area contributed by atoms with Crippen molar-refractivity contribution in [1.82, 2.24) is 0 Å². The van der Waals surface area contributed by atoms with E-state index in [1.807, 2.05) is 0 Å². The fourth-order valence-electron chi connectivity index (χ4n) is 1.38. The number of halogens is 7. The number of ether oxygens (including phenoxy) is 2. The van der Waals surface area contributed by atoms with Gasteiger partial charge in [0.15, 0.2) is 0 Å². The molecule has 0 bridgehead atoms. The second kappa shape index (κ2) is 7.22. The highest BCUT2D eigenvalue weighted by molar-refractivity contribution is 6.17. The van der Waals surface area contributed by atoms with Gasteiger partial charge in [-0.25, -0.2) is 0 Å². The molecule has 0 aromatic heterocycles. The average Bonchev–Trinajstić information content (AvgIpc) is 2.36. The second-order valence-corrected chi connectivity index (χ2v) is 4.27. The third-order valence-corrected chi connectivity index (χ3v) is 2.43. The average molecular weight is 337 g/mol. The number of hydrogen-bond acceptors (Lipinski definition) is 2. The molecule has 1 aromatic rings. The lowest BCUT2D eigenvalue weighted by Crippen LogP contribution is -2.13. The molecule has 0 amide bonds. The van der Waals surface area contributed by atoms with Crippen LogP contribution in [-0.2, 0) is 17.1 Å². The van der Waals surface area contributed by atoms with Crippen LogP contribution in [0.5, 0.6) is 5.75 Å². The molecular formula is C12H11ClF6O2. The van der Waals surface area contributed by atoms with Crippen LogP contribution in [-0.4, -0.2) is 25.7 Å². The molecule has 9 heteroatoms. The smallest absolute Gasteiger partial charge is 0.416 e. The van der Waals surface area contributed by atoms with E-state index in [9.17, 15) is 26.3 Å². The fourth-order valence-corrected chi connectivity index (χ4v) is 1.49. The van der Waals surface area contributed by atoms with Crippen LogP contribution in [0.25, 0.3) is 0 Å². The van der Waals surface area contributed by atoms with E-state index in [1.54, 1.807) is 0 Å². The largest absolute Gasteiger partial charge is 0.491 e. The molecule has 0 spiro atoms. The first-order valence-corrected chi connectivity index (χ1v) is 6.24. The molecule has 0 atom stereocenters. The number of alkyl halides is 7. The zero-order valence-electron chi connectivity index (χ0n) is 10.5. The van der Waals surface area contributed by atoms with Crippen molar-refractivity contribution in [2.24, 2.45) is 0 Å². The van der Waals surface area contributed by atoms with Crippen molar-refractivity contribution >= 4 is 11.6 Å². The van der Waals surface area contributed by atoms with Gasteiger partial charge in [-0.15, -0.1) is 11.6 Å². The summed E-state index contributed by atoms with van der Waals surface area (Å²) in [4.78, 5) is 0. The summed E-state index contributed by atoms with van der Waals surface area (Å²) in [7, 11) is 0. The standard InChI is InChI=1S/C12H11ClF6O2/c13-1-2-20-3-4-21-10-6-8(11(14,15)16)5-9(7-10)12(17,18)19/h5-7H,1-4H2. The molecule has 0 N–H and O–H groups in total. The summed E-state index contributed by atoms with van der Waals surface area (Å²) in [6, 6.07) is 1.06. The first kappa shape index (κ1) is 17.9. The molecule has 0 aliphatic rings. The van der Waals surface area contributed by atoms with Crippen molar-refractivity contribution in [3.05, 3.63) is 29.3 Å².